The van der Waals surface area contributed by atoms with Gasteiger partial charge in [-0.1, -0.05) is 54.6 Å². The molecule has 4 aromatic carbocycles. The largest absolute Gasteiger partial charge is 0.478 e. The third kappa shape index (κ3) is 4.53. The third-order valence-electron chi connectivity index (χ3n) is 7.46. The van der Waals surface area contributed by atoms with Crippen LogP contribution in [-0.4, -0.2) is 23.2 Å². The van der Waals surface area contributed by atoms with Gasteiger partial charge >= 0.3 is 12.1 Å². The average molecular weight is 500 g/mol. The molecule has 2 atom stereocenters. The maximum atomic E-state index is 13.0. The lowest BCUT2D eigenvalue weighted by molar-refractivity contribution is -0.137. The number of carboxylic acids is 1. The van der Waals surface area contributed by atoms with E-state index in [4.69, 9.17) is 0 Å². The molecule has 186 valence electrons. The molecule has 3 nitrogen and oxygen atoms in total. The molecule has 0 spiro atoms. The molecule has 2 aliphatic rings. The van der Waals surface area contributed by atoms with Crippen molar-refractivity contribution in [1.29, 1.82) is 0 Å². The van der Waals surface area contributed by atoms with Crippen LogP contribution in [-0.2, 0) is 6.18 Å². The van der Waals surface area contributed by atoms with Crippen LogP contribution in [0, 0.1) is 0 Å². The van der Waals surface area contributed by atoms with Gasteiger partial charge in [-0.15, -0.1) is 0 Å². The molecule has 0 amide bonds. The molecule has 6 rings (SSSR count). The first kappa shape index (κ1) is 23.5. The van der Waals surface area contributed by atoms with Gasteiger partial charge in [0.05, 0.1) is 11.1 Å². The fraction of sp³-hybridized carbons (Fsp3) is 0.194. The Morgan fingerprint density at radius 3 is 2.16 bits per heavy atom. The van der Waals surface area contributed by atoms with Gasteiger partial charge in [-0.3, -0.25) is 0 Å². The highest BCUT2D eigenvalue weighted by atomic mass is 19.4. The molecule has 0 saturated carbocycles. The highest BCUT2D eigenvalue weighted by Crippen LogP contribution is 2.37. The summed E-state index contributed by atoms with van der Waals surface area (Å²) in [5.74, 6) is -1.03. The van der Waals surface area contributed by atoms with E-state index in [1.807, 2.05) is 30.3 Å². The molecule has 2 unspecified atom stereocenters. The van der Waals surface area contributed by atoms with Crippen LogP contribution in [0.15, 0.2) is 84.9 Å². The lowest BCUT2D eigenvalue weighted by Gasteiger charge is -2.21. The summed E-state index contributed by atoms with van der Waals surface area (Å²) < 4.78 is 38.9. The Bertz CT molecular complexity index is 1540. The Kier molecular flexibility index (Phi) is 5.64. The summed E-state index contributed by atoms with van der Waals surface area (Å²) in [7, 11) is 0. The van der Waals surface area contributed by atoms with Crippen LogP contribution in [0.1, 0.15) is 40.7 Å². The molecule has 2 N–H and O–H groups in total. The second kappa shape index (κ2) is 8.89. The van der Waals surface area contributed by atoms with Crippen LogP contribution in [0.3, 0.4) is 0 Å². The number of nitrogens with one attached hydrogen (secondary N) is 1. The van der Waals surface area contributed by atoms with Gasteiger partial charge in [-0.25, -0.2) is 4.79 Å². The van der Waals surface area contributed by atoms with E-state index >= 15 is 0 Å². The highest BCUT2D eigenvalue weighted by molar-refractivity contribution is 6.04. The van der Waals surface area contributed by atoms with Crippen molar-refractivity contribution in [3.8, 4) is 22.3 Å². The number of carbonyl (C=O) groups is 1. The summed E-state index contributed by atoms with van der Waals surface area (Å²) in [6.07, 6.45) is 1.31. The van der Waals surface area contributed by atoms with Crippen LogP contribution in [0.5, 0.6) is 0 Å². The Balaban J connectivity index is 1.38. The van der Waals surface area contributed by atoms with E-state index in [2.05, 4.69) is 23.5 Å². The molecule has 0 aliphatic carbocycles. The lowest BCUT2D eigenvalue weighted by Crippen LogP contribution is -2.31. The SMILES string of the molecule is O=C(O)c1cc(-c2ccc(C3=CC4CCC(C3)N4)cc2)c2ccc(-c3ccc(C(F)(F)F)cc3)cc2c1. The van der Waals surface area contributed by atoms with Gasteiger partial charge in [0, 0.05) is 12.1 Å². The van der Waals surface area contributed by atoms with Crippen molar-refractivity contribution in [3.05, 3.63) is 102 Å². The second-order valence-corrected chi connectivity index (χ2v) is 9.86. The summed E-state index contributed by atoms with van der Waals surface area (Å²) in [6, 6.07) is 23.1. The first-order chi connectivity index (χ1) is 17.7. The van der Waals surface area contributed by atoms with Crippen LogP contribution >= 0.6 is 0 Å². The van der Waals surface area contributed by atoms with E-state index in [1.54, 1.807) is 12.1 Å². The van der Waals surface area contributed by atoms with E-state index < -0.39 is 17.7 Å². The number of fused-ring (bicyclic) bond motifs is 3. The zero-order chi connectivity index (χ0) is 25.7. The average Bonchev–Trinajstić information content (AvgIpc) is 3.24. The smallest absolute Gasteiger partial charge is 0.416 e. The van der Waals surface area contributed by atoms with Crippen molar-refractivity contribution in [1.82, 2.24) is 5.32 Å². The van der Waals surface area contributed by atoms with E-state index in [0.717, 1.165) is 40.6 Å². The van der Waals surface area contributed by atoms with Crippen LogP contribution < -0.4 is 5.32 Å². The lowest BCUT2D eigenvalue weighted by atomic mass is 9.91. The maximum absolute atomic E-state index is 13.0. The van der Waals surface area contributed by atoms with Crippen LogP contribution in [0.2, 0.25) is 0 Å². The van der Waals surface area contributed by atoms with E-state index in [-0.39, 0.29) is 5.56 Å². The Labute approximate surface area is 212 Å². The van der Waals surface area contributed by atoms with Gasteiger partial charge < -0.3 is 10.4 Å². The number of hydrogen-bond donors (Lipinski definition) is 2. The zero-order valence-corrected chi connectivity index (χ0v) is 19.8. The summed E-state index contributed by atoms with van der Waals surface area (Å²) in [6.45, 7) is 0. The predicted molar refractivity (Wildman–Crippen MR) is 139 cm³/mol. The first-order valence-corrected chi connectivity index (χ1v) is 12.3. The van der Waals surface area contributed by atoms with Gasteiger partial charge in [0.25, 0.3) is 0 Å². The third-order valence-corrected chi connectivity index (χ3v) is 7.46. The molecule has 0 aromatic heterocycles. The molecule has 2 bridgehead atoms. The van der Waals surface area contributed by atoms with Gasteiger partial charge in [-0.05, 0) is 93.8 Å². The van der Waals surface area contributed by atoms with Crippen molar-refractivity contribution < 1.29 is 23.1 Å². The minimum absolute atomic E-state index is 0.161. The van der Waals surface area contributed by atoms with Crippen LogP contribution in [0.25, 0.3) is 38.6 Å². The molecule has 1 fully saturated rings. The molecule has 37 heavy (non-hydrogen) atoms. The molecule has 2 heterocycles. The predicted octanol–water partition coefficient (Wildman–Crippen LogP) is 7.80. The molecule has 1 saturated heterocycles. The van der Waals surface area contributed by atoms with Crippen molar-refractivity contribution in [2.45, 2.75) is 37.5 Å². The number of benzene rings is 4. The minimum atomic E-state index is -4.40. The molecule has 0 radical (unpaired) electrons. The second-order valence-electron chi connectivity index (χ2n) is 9.86. The van der Waals surface area contributed by atoms with Crippen LogP contribution in [0.4, 0.5) is 13.2 Å². The Morgan fingerprint density at radius 2 is 1.49 bits per heavy atom. The number of alkyl halides is 3. The van der Waals surface area contributed by atoms with Gasteiger partial charge in [0.15, 0.2) is 0 Å². The van der Waals surface area contributed by atoms with E-state index in [0.29, 0.717) is 23.0 Å². The summed E-state index contributed by atoms with van der Waals surface area (Å²) in [4.78, 5) is 11.9. The minimum Gasteiger partial charge on any atom is -0.478 e. The summed E-state index contributed by atoms with van der Waals surface area (Å²) in [5, 5.41) is 15.0. The zero-order valence-electron chi connectivity index (χ0n) is 19.8. The molecular weight excluding hydrogens is 475 g/mol. The fourth-order valence-electron chi connectivity index (χ4n) is 5.56. The van der Waals surface area contributed by atoms with Crippen molar-refractivity contribution in [2.75, 3.05) is 0 Å². The van der Waals surface area contributed by atoms with Crippen molar-refractivity contribution >= 4 is 22.3 Å². The summed E-state index contributed by atoms with van der Waals surface area (Å²) in [5.41, 5.74) is 5.06. The normalized spacial score (nSPS) is 19.2. The molecule has 6 heteroatoms. The van der Waals surface area contributed by atoms with Gasteiger partial charge in [-0.2, -0.15) is 13.2 Å². The monoisotopic (exact) mass is 499 g/mol. The topological polar surface area (TPSA) is 49.3 Å². The van der Waals surface area contributed by atoms with Crippen molar-refractivity contribution in [3.63, 3.8) is 0 Å². The highest BCUT2D eigenvalue weighted by Gasteiger charge is 2.30. The standard InChI is InChI=1S/C31H24F3NO2/c32-31(33,34)25-8-5-18(6-9-25)21-7-12-28-23(13-21)14-24(30(36)37)17-29(28)20-3-1-19(2-4-20)22-15-26-10-11-27(16-22)35-26/h1-9,12-15,17,26-27,35H,10-11,16H2,(H,36,37). The van der Waals surface area contributed by atoms with Crippen molar-refractivity contribution in [2.24, 2.45) is 0 Å². The number of rotatable bonds is 4. The number of carboxylic acid groups (broad SMARTS) is 1. The summed E-state index contributed by atoms with van der Waals surface area (Å²) >= 11 is 0. The Hall–Kier alpha value is -3.90. The number of halogens is 3. The van der Waals surface area contributed by atoms with Gasteiger partial charge in [0.1, 0.15) is 0 Å². The number of aromatic carboxylic acids is 1. The molecule has 2 aliphatic heterocycles. The first-order valence-electron chi connectivity index (χ1n) is 12.3. The fourth-order valence-corrected chi connectivity index (χ4v) is 5.56. The number of hydrogen-bond acceptors (Lipinski definition) is 2. The molecule has 4 aromatic rings. The quantitative estimate of drug-likeness (QED) is 0.301. The molecular formula is C31H24F3NO2. The maximum Gasteiger partial charge on any atom is 0.416 e. The van der Waals surface area contributed by atoms with E-state index in [1.165, 1.54) is 36.1 Å². The Morgan fingerprint density at radius 1 is 0.811 bits per heavy atom. The van der Waals surface area contributed by atoms with E-state index in [9.17, 15) is 23.1 Å². The van der Waals surface area contributed by atoms with Gasteiger partial charge in [0.2, 0.25) is 0 Å².